The van der Waals surface area contributed by atoms with Gasteiger partial charge in [0.1, 0.15) is 0 Å². The van der Waals surface area contributed by atoms with Gasteiger partial charge in [-0.05, 0) is 25.7 Å². The summed E-state index contributed by atoms with van der Waals surface area (Å²) in [5.74, 6) is 0. The third kappa shape index (κ3) is 1.26. The third-order valence-corrected chi connectivity index (χ3v) is 5.71. The zero-order valence-corrected chi connectivity index (χ0v) is 10.3. The molecule has 2 aliphatic carbocycles. The Hall–Kier alpha value is -0.0800. The Morgan fingerprint density at radius 2 is 0.812 bits per heavy atom. The summed E-state index contributed by atoms with van der Waals surface area (Å²) >= 11 is 0. The van der Waals surface area contributed by atoms with Crippen molar-refractivity contribution in [1.29, 1.82) is 0 Å². The van der Waals surface area contributed by atoms with Crippen LogP contribution in [-0.4, -0.2) is 47.1 Å². The second-order valence-corrected chi connectivity index (χ2v) is 6.31. The molecule has 3 aliphatic heterocycles. The molecule has 0 aromatic heterocycles. The van der Waals surface area contributed by atoms with Gasteiger partial charge in [0, 0.05) is 37.3 Å². The molecule has 0 aromatic rings. The predicted octanol–water partition coefficient (Wildman–Crippen LogP) is 2.24. The zero-order valence-electron chi connectivity index (χ0n) is 10.3. The number of nitrogens with zero attached hydrogens (tertiary/aromatic N) is 2. The predicted molar refractivity (Wildman–Crippen MR) is 65.5 cm³/mol. The van der Waals surface area contributed by atoms with Crippen LogP contribution in [0.4, 0.5) is 0 Å². The Balaban J connectivity index is 1.66. The van der Waals surface area contributed by atoms with Crippen LogP contribution in [0.25, 0.3) is 0 Å². The average Bonchev–Trinajstić information content (AvgIpc) is 2.40. The topological polar surface area (TPSA) is 6.48 Å². The minimum absolute atomic E-state index is 0.946. The Labute approximate surface area is 99.0 Å². The summed E-state index contributed by atoms with van der Waals surface area (Å²) in [7, 11) is 0. The zero-order chi connectivity index (χ0) is 10.5. The first-order chi connectivity index (χ1) is 7.95. The molecule has 5 fully saturated rings. The smallest absolute Gasteiger partial charge is 0.0255 e. The van der Waals surface area contributed by atoms with Crippen molar-refractivity contribution in [2.24, 2.45) is 0 Å². The second kappa shape index (κ2) is 3.71. The maximum Gasteiger partial charge on any atom is 0.0255 e. The number of piperazine rings is 3. The van der Waals surface area contributed by atoms with E-state index in [0.29, 0.717) is 0 Å². The van der Waals surface area contributed by atoms with Crippen LogP contribution in [0.2, 0.25) is 0 Å². The van der Waals surface area contributed by atoms with Gasteiger partial charge in [0.05, 0.1) is 0 Å². The molecule has 90 valence electrons. The highest BCUT2D eigenvalue weighted by Crippen LogP contribution is 2.43. The summed E-state index contributed by atoms with van der Waals surface area (Å²) in [5.41, 5.74) is 0. The van der Waals surface area contributed by atoms with Gasteiger partial charge in [-0.2, -0.15) is 0 Å². The monoisotopic (exact) mass is 220 g/mol. The summed E-state index contributed by atoms with van der Waals surface area (Å²) in [4.78, 5) is 5.88. The first-order valence-corrected chi connectivity index (χ1v) is 7.46. The van der Waals surface area contributed by atoms with Crippen LogP contribution in [0.1, 0.15) is 51.4 Å². The molecule has 2 saturated carbocycles. The minimum Gasteiger partial charge on any atom is -0.293 e. The number of rotatable bonds is 0. The van der Waals surface area contributed by atoms with E-state index in [1.807, 2.05) is 0 Å². The summed E-state index contributed by atoms with van der Waals surface area (Å²) in [6.07, 6.45) is 11.9. The number of hydrogen-bond acceptors (Lipinski definition) is 2. The van der Waals surface area contributed by atoms with Crippen LogP contribution in [0.5, 0.6) is 0 Å². The normalized spacial score (nSPS) is 55.5. The second-order valence-electron chi connectivity index (χ2n) is 6.31. The lowest BCUT2D eigenvalue weighted by atomic mass is 9.75. The van der Waals surface area contributed by atoms with Crippen molar-refractivity contribution in [2.75, 3.05) is 13.1 Å². The van der Waals surface area contributed by atoms with Crippen molar-refractivity contribution in [3.8, 4) is 0 Å². The molecule has 2 bridgehead atoms. The van der Waals surface area contributed by atoms with E-state index < -0.39 is 0 Å². The van der Waals surface area contributed by atoms with E-state index >= 15 is 0 Å². The molecule has 4 unspecified atom stereocenters. The molecule has 3 heterocycles. The van der Waals surface area contributed by atoms with Crippen LogP contribution in [0, 0.1) is 0 Å². The van der Waals surface area contributed by atoms with Crippen molar-refractivity contribution in [3.05, 3.63) is 0 Å². The van der Waals surface area contributed by atoms with Crippen LogP contribution in [-0.2, 0) is 0 Å². The maximum absolute atomic E-state index is 2.94. The van der Waals surface area contributed by atoms with E-state index in [1.54, 1.807) is 0 Å². The van der Waals surface area contributed by atoms with Gasteiger partial charge in [-0.25, -0.2) is 0 Å². The van der Waals surface area contributed by atoms with E-state index in [0.717, 1.165) is 24.2 Å². The van der Waals surface area contributed by atoms with Gasteiger partial charge >= 0.3 is 0 Å². The van der Waals surface area contributed by atoms with Crippen molar-refractivity contribution in [2.45, 2.75) is 75.5 Å². The molecule has 0 radical (unpaired) electrons. The van der Waals surface area contributed by atoms with Crippen molar-refractivity contribution in [3.63, 3.8) is 0 Å². The van der Waals surface area contributed by atoms with E-state index in [4.69, 9.17) is 0 Å². The highest BCUT2D eigenvalue weighted by atomic mass is 15.4. The van der Waals surface area contributed by atoms with Gasteiger partial charge in [-0.1, -0.05) is 25.7 Å². The first-order valence-electron chi connectivity index (χ1n) is 7.46. The highest BCUT2D eigenvalue weighted by Gasteiger charge is 2.51. The van der Waals surface area contributed by atoms with E-state index in [1.165, 1.54) is 64.5 Å². The fourth-order valence-corrected chi connectivity index (χ4v) is 5.12. The molecule has 5 rings (SSSR count). The molecule has 5 aliphatic rings. The van der Waals surface area contributed by atoms with E-state index in [2.05, 4.69) is 9.80 Å². The van der Waals surface area contributed by atoms with Crippen LogP contribution in [0.15, 0.2) is 0 Å². The number of hydrogen-bond donors (Lipinski definition) is 0. The van der Waals surface area contributed by atoms with Gasteiger partial charge in [-0.3, -0.25) is 9.80 Å². The molecular weight excluding hydrogens is 196 g/mol. The van der Waals surface area contributed by atoms with Gasteiger partial charge in [-0.15, -0.1) is 0 Å². The molecule has 0 spiro atoms. The van der Waals surface area contributed by atoms with E-state index in [-0.39, 0.29) is 0 Å². The molecule has 16 heavy (non-hydrogen) atoms. The van der Waals surface area contributed by atoms with Crippen LogP contribution < -0.4 is 0 Å². The number of fused-ring (bicyclic) bond motifs is 1. The van der Waals surface area contributed by atoms with Gasteiger partial charge < -0.3 is 0 Å². The summed E-state index contributed by atoms with van der Waals surface area (Å²) < 4.78 is 0. The quantitative estimate of drug-likeness (QED) is 0.618. The Kier molecular flexibility index (Phi) is 2.29. The Morgan fingerprint density at radius 3 is 1.12 bits per heavy atom. The fraction of sp³-hybridized carbons (Fsp3) is 1.00. The molecule has 0 N–H and O–H groups in total. The molecule has 4 atom stereocenters. The maximum atomic E-state index is 2.94. The first kappa shape index (κ1) is 9.90. The van der Waals surface area contributed by atoms with Crippen LogP contribution >= 0.6 is 0 Å². The van der Waals surface area contributed by atoms with Gasteiger partial charge in [0.25, 0.3) is 0 Å². The molecule has 0 aromatic carbocycles. The van der Waals surface area contributed by atoms with Crippen molar-refractivity contribution in [1.82, 2.24) is 9.80 Å². The summed E-state index contributed by atoms with van der Waals surface area (Å²) in [6.45, 7) is 2.75. The van der Waals surface area contributed by atoms with Crippen molar-refractivity contribution < 1.29 is 0 Å². The lowest BCUT2D eigenvalue weighted by Gasteiger charge is -2.63. The fourth-order valence-electron chi connectivity index (χ4n) is 5.12. The Morgan fingerprint density at radius 1 is 0.500 bits per heavy atom. The van der Waals surface area contributed by atoms with Crippen molar-refractivity contribution >= 4 is 0 Å². The Bertz CT molecular complexity index is 226. The molecule has 2 nitrogen and oxygen atoms in total. The average molecular weight is 220 g/mol. The lowest BCUT2D eigenvalue weighted by molar-refractivity contribution is -0.138. The van der Waals surface area contributed by atoms with Crippen LogP contribution in [0.3, 0.4) is 0 Å². The summed E-state index contributed by atoms with van der Waals surface area (Å²) in [5, 5.41) is 0. The molecular formula is C14H24N2. The molecule has 3 saturated heterocycles. The highest BCUT2D eigenvalue weighted by molar-refractivity contribution is 5.07. The largest absolute Gasteiger partial charge is 0.293 e. The standard InChI is InChI=1S/C14H24N2/c1-2-6-12-11(5-1)15-9-10-16(12)14-8-4-3-7-13(14)15/h11-14H,1-10H2. The summed E-state index contributed by atoms with van der Waals surface area (Å²) in [6, 6.07) is 3.78. The third-order valence-electron chi connectivity index (χ3n) is 5.71. The van der Waals surface area contributed by atoms with Gasteiger partial charge in [0.15, 0.2) is 0 Å². The molecule has 2 heteroatoms. The van der Waals surface area contributed by atoms with E-state index in [9.17, 15) is 0 Å². The van der Waals surface area contributed by atoms with Gasteiger partial charge in [0.2, 0.25) is 0 Å². The minimum atomic E-state index is 0.946. The SMILES string of the molecule is C1CCC2C(C1)N1CCN2C2CCCCC21. The molecule has 0 amide bonds. The lowest BCUT2D eigenvalue weighted by Crippen LogP contribution is -2.75.